The van der Waals surface area contributed by atoms with Crippen LogP contribution >= 0.6 is 12.4 Å². The van der Waals surface area contributed by atoms with Gasteiger partial charge in [-0.3, -0.25) is 0 Å². The molecule has 0 aromatic carbocycles. The zero-order valence-corrected chi connectivity index (χ0v) is 6.29. The molecule has 1 N–H and O–H groups in total. The van der Waals surface area contributed by atoms with Gasteiger partial charge in [-0.05, 0) is 26.3 Å². The molecule has 0 aromatic heterocycles. The fourth-order valence-electron chi connectivity index (χ4n) is 0.948. The van der Waals surface area contributed by atoms with Crippen LogP contribution in [0.1, 0.15) is 19.3 Å². The lowest BCUT2D eigenvalue weighted by Crippen LogP contribution is -2.47. The number of hydrogen-bond donors (Lipinski definition) is 1. The van der Waals surface area contributed by atoms with E-state index in [1.54, 1.807) is 0 Å². The maximum atomic E-state index is 8.52. The Hall–Kier alpha value is -0.260. The van der Waals surface area contributed by atoms with Crippen LogP contribution in [0, 0.1) is 11.3 Å². The SMILES string of the molecule is CNC1(C#N)CCC1.Cl. The van der Waals surface area contributed by atoms with Crippen LogP contribution in [-0.2, 0) is 0 Å². The van der Waals surface area contributed by atoms with E-state index in [0.717, 1.165) is 12.8 Å². The van der Waals surface area contributed by atoms with Gasteiger partial charge in [0, 0.05) is 0 Å². The first-order valence-electron chi connectivity index (χ1n) is 2.93. The summed E-state index contributed by atoms with van der Waals surface area (Å²) in [6, 6.07) is 2.25. The van der Waals surface area contributed by atoms with Crippen molar-refractivity contribution in [2.24, 2.45) is 0 Å². The Bertz CT molecular complexity index is 118. The third kappa shape index (κ3) is 1.35. The molecule has 1 fully saturated rings. The van der Waals surface area contributed by atoms with Crippen molar-refractivity contribution < 1.29 is 0 Å². The average Bonchev–Trinajstić information content (AvgIpc) is 1.67. The van der Waals surface area contributed by atoms with Gasteiger partial charge in [-0.1, -0.05) is 0 Å². The van der Waals surface area contributed by atoms with E-state index in [9.17, 15) is 0 Å². The Morgan fingerprint density at radius 2 is 2.11 bits per heavy atom. The molecule has 0 amide bonds. The highest BCUT2D eigenvalue weighted by Crippen LogP contribution is 2.29. The van der Waals surface area contributed by atoms with Crippen LogP contribution in [0.3, 0.4) is 0 Å². The third-order valence-corrected chi connectivity index (χ3v) is 1.90. The van der Waals surface area contributed by atoms with E-state index in [4.69, 9.17) is 5.26 Å². The molecule has 0 radical (unpaired) electrons. The molecule has 0 spiro atoms. The number of nitrogens with one attached hydrogen (secondary N) is 1. The maximum absolute atomic E-state index is 8.52. The fraction of sp³-hybridized carbons (Fsp3) is 0.833. The van der Waals surface area contributed by atoms with Crippen molar-refractivity contribution in [3.05, 3.63) is 0 Å². The molecule has 1 aliphatic rings. The monoisotopic (exact) mass is 146 g/mol. The van der Waals surface area contributed by atoms with Gasteiger partial charge < -0.3 is 5.32 Å². The highest BCUT2D eigenvalue weighted by Gasteiger charge is 2.34. The first kappa shape index (κ1) is 8.74. The average molecular weight is 147 g/mol. The molecule has 9 heavy (non-hydrogen) atoms. The second-order valence-corrected chi connectivity index (χ2v) is 2.30. The van der Waals surface area contributed by atoms with Crippen molar-refractivity contribution in [2.45, 2.75) is 24.8 Å². The highest BCUT2D eigenvalue weighted by molar-refractivity contribution is 5.85. The molecule has 0 saturated heterocycles. The molecule has 0 heterocycles. The van der Waals surface area contributed by atoms with Gasteiger partial charge in [0.15, 0.2) is 0 Å². The lowest BCUT2D eigenvalue weighted by molar-refractivity contribution is 0.273. The summed E-state index contributed by atoms with van der Waals surface area (Å²) in [6.45, 7) is 0. The number of nitriles is 1. The Kier molecular flexibility index (Phi) is 2.96. The van der Waals surface area contributed by atoms with Gasteiger partial charge in [-0.2, -0.15) is 5.26 Å². The summed E-state index contributed by atoms with van der Waals surface area (Å²) in [5.41, 5.74) is -0.139. The van der Waals surface area contributed by atoms with Crippen molar-refractivity contribution in [3.63, 3.8) is 0 Å². The Labute approximate surface area is 61.7 Å². The molecule has 1 rings (SSSR count). The van der Waals surface area contributed by atoms with Crippen LogP contribution in [0.4, 0.5) is 0 Å². The van der Waals surface area contributed by atoms with Crippen molar-refractivity contribution in [3.8, 4) is 6.07 Å². The van der Waals surface area contributed by atoms with E-state index < -0.39 is 0 Å². The molecule has 0 aliphatic heterocycles. The maximum Gasteiger partial charge on any atom is 0.106 e. The van der Waals surface area contributed by atoms with E-state index in [1.807, 2.05) is 7.05 Å². The lowest BCUT2D eigenvalue weighted by atomic mass is 9.78. The van der Waals surface area contributed by atoms with Gasteiger partial charge in [-0.15, -0.1) is 12.4 Å². The molecular formula is C6H11ClN2. The minimum atomic E-state index is -0.139. The number of hydrogen-bond acceptors (Lipinski definition) is 2. The van der Waals surface area contributed by atoms with Crippen LogP contribution in [0.2, 0.25) is 0 Å². The van der Waals surface area contributed by atoms with E-state index >= 15 is 0 Å². The van der Waals surface area contributed by atoms with E-state index in [0.29, 0.717) is 0 Å². The molecule has 0 bridgehead atoms. The summed E-state index contributed by atoms with van der Waals surface area (Å²) in [5, 5.41) is 11.5. The molecule has 2 nitrogen and oxygen atoms in total. The van der Waals surface area contributed by atoms with Crippen molar-refractivity contribution in [1.82, 2.24) is 5.32 Å². The molecule has 0 unspecified atom stereocenters. The van der Waals surface area contributed by atoms with Crippen molar-refractivity contribution >= 4 is 12.4 Å². The van der Waals surface area contributed by atoms with Gasteiger partial charge in [-0.25, -0.2) is 0 Å². The van der Waals surface area contributed by atoms with Crippen molar-refractivity contribution in [2.75, 3.05) is 7.05 Å². The van der Waals surface area contributed by atoms with E-state index in [-0.39, 0.29) is 17.9 Å². The normalized spacial score (nSPS) is 20.9. The molecule has 0 atom stereocenters. The molecule has 1 aliphatic carbocycles. The molecular weight excluding hydrogens is 136 g/mol. The van der Waals surface area contributed by atoms with Gasteiger partial charge in [0.1, 0.15) is 5.54 Å². The summed E-state index contributed by atoms with van der Waals surface area (Å²) < 4.78 is 0. The summed E-state index contributed by atoms with van der Waals surface area (Å²) in [7, 11) is 1.85. The first-order valence-corrected chi connectivity index (χ1v) is 2.93. The largest absolute Gasteiger partial charge is 0.302 e. The van der Waals surface area contributed by atoms with Crippen LogP contribution in [-0.4, -0.2) is 12.6 Å². The van der Waals surface area contributed by atoms with Gasteiger partial charge in [0.05, 0.1) is 6.07 Å². The molecule has 3 heteroatoms. The standard InChI is InChI=1S/C6H10N2.ClH/c1-8-6(5-7)3-2-4-6;/h8H,2-4H2,1H3;1H. The van der Waals surface area contributed by atoms with Crippen molar-refractivity contribution in [1.29, 1.82) is 5.26 Å². The number of rotatable bonds is 1. The summed E-state index contributed by atoms with van der Waals surface area (Å²) in [6.07, 6.45) is 3.26. The van der Waals surface area contributed by atoms with Gasteiger partial charge >= 0.3 is 0 Å². The Balaban J connectivity index is 0.000000640. The molecule has 1 saturated carbocycles. The van der Waals surface area contributed by atoms with Gasteiger partial charge in [0.2, 0.25) is 0 Å². The summed E-state index contributed by atoms with van der Waals surface area (Å²) in [4.78, 5) is 0. The molecule has 0 aromatic rings. The topological polar surface area (TPSA) is 35.8 Å². The number of nitrogens with zero attached hydrogens (tertiary/aromatic N) is 1. The lowest BCUT2D eigenvalue weighted by Gasteiger charge is -2.34. The summed E-state index contributed by atoms with van der Waals surface area (Å²) in [5.74, 6) is 0. The zero-order chi connectivity index (χ0) is 6.04. The third-order valence-electron chi connectivity index (χ3n) is 1.90. The number of halogens is 1. The van der Waals surface area contributed by atoms with Crippen LogP contribution in [0.15, 0.2) is 0 Å². The smallest absolute Gasteiger partial charge is 0.106 e. The Morgan fingerprint density at radius 3 is 2.11 bits per heavy atom. The van der Waals surface area contributed by atoms with E-state index in [1.165, 1.54) is 6.42 Å². The Morgan fingerprint density at radius 1 is 1.56 bits per heavy atom. The minimum Gasteiger partial charge on any atom is -0.302 e. The minimum absolute atomic E-state index is 0. The van der Waals surface area contributed by atoms with E-state index in [2.05, 4.69) is 11.4 Å². The summed E-state index contributed by atoms with van der Waals surface area (Å²) >= 11 is 0. The highest BCUT2D eigenvalue weighted by atomic mass is 35.5. The van der Waals surface area contributed by atoms with Crippen LogP contribution in [0.5, 0.6) is 0 Å². The molecule has 52 valence electrons. The second-order valence-electron chi connectivity index (χ2n) is 2.30. The van der Waals surface area contributed by atoms with Crippen LogP contribution in [0.25, 0.3) is 0 Å². The predicted molar refractivity (Wildman–Crippen MR) is 38.5 cm³/mol. The first-order chi connectivity index (χ1) is 3.83. The predicted octanol–water partition coefficient (Wildman–Crippen LogP) is 1.07. The zero-order valence-electron chi connectivity index (χ0n) is 5.48. The van der Waals surface area contributed by atoms with Gasteiger partial charge in [0.25, 0.3) is 0 Å². The van der Waals surface area contributed by atoms with Crippen LogP contribution < -0.4 is 5.32 Å². The second kappa shape index (κ2) is 3.05. The fourth-order valence-corrected chi connectivity index (χ4v) is 0.948. The quantitative estimate of drug-likeness (QED) is 0.601.